The number of amides is 2. The average molecular weight is 383 g/mol. The molecule has 22 heavy (non-hydrogen) atoms. The van der Waals surface area contributed by atoms with Gasteiger partial charge in [0.15, 0.2) is 0 Å². The van der Waals surface area contributed by atoms with E-state index in [9.17, 15) is 9.59 Å². The minimum atomic E-state index is -0.813. The van der Waals surface area contributed by atoms with E-state index in [1.165, 1.54) is 12.1 Å². The summed E-state index contributed by atoms with van der Waals surface area (Å²) in [6, 6.07) is 9.85. The number of halogens is 2. The van der Waals surface area contributed by atoms with Crippen molar-refractivity contribution in [1.29, 1.82) is 0 Å². The van der Waals surface area contributed by atoms with Crippen LogP contribution in [0, 0.1) is 6.92 Å². The molecule has 4 N–H and O–H groups in total. The molecule has 0 saturated carbocycles. The summed E-state index contributed by atoms with van der Waals surface area (Å²) < 4.78 is 0.920. The van der Waals surface area contributed by atoms with Crippen molar-refractivity contribution in [3.63, 3.8) is 0 Å². The Morgan fingerprint density at radius 2 is 1.77 bits per heavy atom. The van der Waals surface area contributed by atoms with Gasteiger partial charge in [0.05, 0.1) is 10.7 Å². The first-order valence-corrected chi connectivity index (χ1v) is 7.47. The normalized spacial score (nSPS) is 10.1. The number of nitrogens with one attached hydrogen (secondary N) is 2. The molecule has 2 amide bonds. The number of nitrogen functional groups attached to an aromatic ring is 1. The number of benzene rings is 2. The minimum Gasteiger partial charge on any atom is -0.399 e. The van der Waals surface area contributed by atoms with Crippen molar-refractivity contribution in [2.75, 3.05) is 16.4 Å². The van der Waals surface area contributed by atoms with Crippen molar-refractivity contribution in [3.8, 4) is 0 Å². The lowest BCUT2D eigenvalue weighted by molar-refractivity contribution is -0.132. The van der Waals surface area contributed by atoms with E-state index < -0.39 is 11.8 Å². The van der Waals surface area contributed by atoms with Gasteiger partial charge in [-0.25, -0.2) is 0 Å². The Balaban J connectivity index is 2.05. The fourth-order valence-electron chi connectivity index (χ4n) is 1.72. The van der Waals surface area contributed by atoms with Gasteiger partial charge in [0.25, 0.3) is 0 Å². The molecule has 0 aliphatic heterocycles. The molecule has 2 aromatic rings. The number of hydrogen-bond donors (Lipinski definition) is 3. The Morgan fingerprint density at radius 1 is 1.09 bits per heavy atom. The van der Waals surface area contributed by atoms with Gasteiger partial charge in [-0.2, -0.15) is 0 Å². The van der Waals surface area contributed by atoms with Gasteiger partial charge in [-0.3, -0.25) is 9.59 Å². The maximum Gasteiger partial charge on any atom is 0.314 e. The molecule has 5 nitrogen and oxygen atoms in total. The molecular weight excluding hydrogens is 370 g/mol. The van der Waals surface area contributed by atoms with Gasteiger partial charge >= 0.3 is 11.8 Å². The van der Waals surface area contributed by atoms with Crippen molar-refractivity contribution in [2.24, 2.45) is 0 Å². The Hall–Kier alpha value is -2.05. The summed E-state index contributed by atoms with van der Waals surface area (Å²) in [4.78, 5) is 23.8. The minimum absolute atomic E-state index is 0.264. The lowest BCUT2D eigenvalue weighted by Crippen LogP contribution is -2.29. The van der Waals surface area contributed by atoms with Crippen LogP contribution in [0.1, 0.15) is 5.56 Å². The molecule has 0 spiro atoms. The molecule has 0 aromatic heterocycles. The summed E-state index contributed by atoms with van der Waals surface area (Å²) in [7, 11) is 0. The van der Waals surface area contributed by atoms with E-state index in [-0.39, 0.29) is 5.02 Å². The molecule has 0 unspecified atom stereocenters. The molecule has 0 bridgehead atoms. The van der Waals surface area contributed by atoms with Crippen LogP contribution >= 0.6 is 27.5 Å². The molecule has 2 rings (SSSR count). The number of hydrogen-bond acceptors (Lipinski definition) is 3. The fourth-order valence-corrected chi connectivity index (χ4v) is 2.20. The fraction of sp³-hybridized carbons (Fsp3) is 0.0667. The summed E-state index contributed by atoms with van der Waals surface area (Å²) in [5.41, 5.74) is 7.83. The Morgan fingerprint density at radius 3 is 2.41 bits per heavy atom. The third-order valence-corrected chi connectivity index (χ3v) is 4.07. The molecule has 0 heterocycles. The van der Waals surface area contributed by atoms with E-state index in [0.29, 0.717) is 17.1 Å². The summed E-state index contributed by atoms with van der Waals surface area (Å²) in [5.74, 6) is -1.60. The van der Waals surface area contributed by atoms with Gasteiger partial charge in [0, 0.05) is 15.8 Å². The van der Waals surface area contributed by atoms with Crippen LogP contribution in [0.25, 0.3) is 0 Å². The van der Waals surface area contributed by atoms with Gasteiger partial charge in [0.2, 0.25) is 0 Å². The second-order valence-electron chi connectivity index (χ2n) is 4.61. The Bertz CT molecular complexity index is 750. The number of anilines is 3. The molecule has 0 saturated heterocycles. The Kier molecular flexibility index (Phi) is 5.05. The van der Waals surface area contributed by atoms with E-state index >= 15 is 0 Å². The van der Waals surface area contributed by atoms with Crippen molar-refractivity contribution in [1.82, 2.24) is 0 Å². The van der Waals surface area contributed by atoms with Crippen LogP contribution in [0.3, 0.4) is 0 Å². The first kappa shape index (κ1) is 16.3. The second-order valence-corrected chi connectivity index (χ2v) is 5.87. The number of nitrogens with two attached hydrogens (primary N) is 1. The Labute approximate surface area is 141 Å². The number of carbonyl (C=O) groups excluding carboxylic acids is 2. The van der Waals surface area contributed by atoms with Crippen LogP contribution in [0.15, 0.2) is 40.9 Å². The highest BCUT2D eigenvalue weighted by Gasteiger charge is 2.15. The van der Waals surface area contributed by atoms with Crippen molar-refractivity contribution >= 4 is 56.4 Å². The molecular formula is C15H13BrClN3O2. The third kappa shape index (κ3) is 3.99. The first-order chi connectivity index (χ1) is 10.4. The van der Waals surface area contributed by atoms with Crippen LogP contribution in [0.4, 0.5) is 17.1 Å². The monoisotopic (exact) mass is 381 g/mol. The van der Waals surface area contributed by atoms with Crippen LogP contribution in [0.5, 0.6) is 0 Å². The molecule has 0 fully saturated rings. The second kappa shape index (κ2) is 6.81. The standard InChI is InChI=1S/C15H13BrClN3O2/c1-8-6-10(3-4-11(8)16)19-14(21)15(22)20-13-5-2-9(18)7-12(13)17/h2-7H,18H2,1H3,(H,19,21)(H,20,22). The summed E-state index contributed by atoms with van der Waals surface area (Å²) >= 11 is 9.31. The lowest BCUT2D eigenvalue weighted by atomic mass is 10.2. The zero-order valence-corrected chi connectivity index (χ0v) is 14.0. The lowest BCUT2D eigenvalue weighted by Gasteiger charge is -2.09. The zero-order chi connectivity index (χ0) is 16.3. The molecule has 2 aromatic carbocycles. The van der Waals surface area contributed by atoms with E-state index in [0.717, 1.165) is 10.0 Å². The molecule has 7 heteroatoms. The van der Waals surface area contributed by atoms with Gasteiger partial charge in [0.1, 0.15) is 0 Å². The van der Waals surface area contributed by atoms with Gasteiger partial charge < -0.3 is 16.4 Å². The van der Waals surface area contributed by atoms with Crippen LogP contribution in [-0.4, -0.2) is 11.8 Å². The maximum absolute atomic E-state index is 11.9. The topological polar surface area (TPSA) is 84.2 Å². The van der Waals surface area contributed by atoms with Crippen molar-refractivity contribution in [2.45, 2.75) is 6.92 Å². The van der Waals surface area contributed by atoms with E-state index in [4.69, 9.17) is 17.3 Å². The van der Waals surface area contributed by atoms with Gasteiger partial charge in [-0.1, -0.05) is 27.5 Å². The number of aryl methyl sites for hydroxylation is 1. The summed E-state index contributed by atoms with van der Waals surface area (Å²) in [5, 5.41) is 5.22. The highest BCUT2D eigenvalue weighted by molar-refractivity contribution is 9.10. The predicted octanol–water partition coefficient (Wildman–Crippen LogP) is 3.57. The van der Waals surface area contributed by atoms with E-state index in [1.807, 2.05) is 6.92 Å². The molecule has 0 atom stereocenters. The van der Waals surface area contributed by atoms with Gasteiger partial charge in [-0.05, 0) is 48.9 Å². The summed E-state index contributed by atoms with van der Waals surface area (Å²) in [6.45, 7) is 1.88. The van der Waals surface area contributed by atoms with Gasteiger partial charge in [-0.15, -0.1) is 0 Å². The molecule has 0 aliphatic rings. The van der Waals surface area contributed by atoms with Crippen LogP contribution < -0.4 is 16.4 Å². The third-order valence-electron chi connectivity index (χ3n) is 2.86. The van der Waals surface area contributed by atoms with Crippen LogP contribution in [-0.2, 0) is 9.59 Å². The number of carbonyl (C=O) groups is 2. The zero-order valence-electron chi connectivity index (χ0n) is 11.6. The number of rotatable bonds is 2. The average Bonchev–Trinajstić information content (AvgIpc) is 2.45. The van der Waals surface area contributed by atoms with Crippen molar-refractivity contribution < 1.29 is 9.59 Å². The predicted molar refractivity (Wildman–Crippen MR) is 92.0 cm³/mol. The van der Waals surface area contributed by atoms with E-state index in [2.05, 4.69) is 26.6 Å². The van der Waals surface area contributed by atoms with Crippen molar-refractivity contribution in [3.05, 3.63) is 51.5 Å². The molecule has 0 radical (unpaired) electrons. The highest BCUT2D eigenvalue weighted by Crippen LogP contribution is 2.24. The van der Waals surface area contributed by atoms with Crippen LogP contribution in [0.2, 0.25) is 5.02 Å². The molecule has 114 valence electrons. The maximum atomic E-state index is 11.9. The largest absolute Gasteiger partial charge is 0.399 e. The SMILES string of the molecule is Cc1cc(NC(=O)C(=O)Nc2ccc(N)cc2Cl)ccc1Br. The molecule has 0 aliphatic carbocycles. The summed E-state index contributed by atoms with van der Waals surface area (Å²) in [6.07, 6.45) is 0. The van der Waals surface area contributed by atoms with E-state index in [1.54, 1.807) is 24.3 Å². The first-order valence-electron chi connectivity index (χ1n) is 6.30. The smallest absolute Gasteiger partial charge is 0.314 e. The quantitative estimate of drug-likeness (QED) is 0.548. The highest BCUT2D eigenvalue weighted by atomic mass is 79.9.